The minimum Gasteiger partial charge on any atom is -0.466 e. The first kappa shape index (κ1) is 11.6. The number of hydrogen-bond acceptors (Lipinski definition) is 5. The average Bonchev–Trinajstić information content (AvgIpc) is 2.15. The molecule has 5 heteroatoms. The number of rotatable bonds is 4. The van der Waals surface area contributed by atoms with Gasteiger partial charge in [0.2, 0.25) is 0 Å². The van der Waals surface area contributed by atoms with E-state index in [1.54, 1.807) is 0 Å². The Labute approximate surface area is 75.9 Å². The maximum atomic E-state index is 11.0. The number of ether oxygens (including phenoxy) is 2. The molecule has 0 saturated carbocycles. The van der Waals surface area contributed by atoms with Crippen molar-refractivity contribution in [3.8, 4) is 0 Å². The Balaban J connectivity index is 4.81. The molecule has 0 aromatic carbocycles. The molecular weight excluding hydrogens is 176 g/mol. The summed E-state index contributed by atoms with van der Waals surface area (Å²) < 4.78 is 8.51. The van der Waals surface area contributed by atoms with Gasteiger partial charge in [-0.05, 0) is 0 Å². The number of carbonyl (C=O) groups is 2. The molecule has 0 saturated heterocycles. The molecule has 0 aliphatic heterocycles. The lowest BCUT2D eigenvalue weighted by Crippen LogP contribution is -2.47. The summed E-state index contributed by atoms with van der Waals surface area (Å²) >= 11 is 0. The van der Waals surface area contributed by atoms with Gasteiger partial charge in [-0.1, -0.05) is 6.08 Å². The normalized spacial score (nSPS) is 10.4. The van der Waals surface area contributed by atoms with Crippen molar-refractivity contribution in [1.82, 2.24) is 0 Å². The van der Waals surface area contributed by atoms with Gasteiger partial charge in [0.25, 0.3) is 5.60 Å². The topological polar surface area (TPSA) is 72.8 Å². The fourth-order valence-corrected chi connectivity index (χ4v) is 0.797. The standard InChI is InChI=1S/C8H12O5/c1-4-5-8(11,6(9)12-2)7(10)13-3/h4,11H,1,5H2,2-3H3. The molecule has 0 aliphatic rings. The second-order valence-electron chi connectivity index (χ2n) is 2.34. The molecule has 0 aromatic rings. The Kier molecular flexibility index (Phi) is 4.13. The third-order valence-corrected chi connectivity index (χ3v) is 1.49. The zero-order valence-electron chi connectivity index (χ0n) is 7.57. The lowest BCUT2D eigenvalue weighted by Gasteiger charge is -2.20. The van der Waals surface area contributed by atoms with E-state index >= 15 is 0 Å². The van der Waals surface area contributed by atoms with Crippen LogP contribution in [0, 0.1) is 0 Å². The highest BCUT2D eigenvalue weighted by Gasteiger charge is 2.45. The highest BCUT2D eigenvalue weighted by Crippen LogP contribution is 2.14. The lowest BCUT2D eigenvalue weighted by molar-refractivity contribution is -0.179. The first-order chi connectivity index (χ1) is 6.02. The summed E-state index contributed by atoms with van der Waals surface area (Å²) in [5.74, 6) is -2.11. The first-order valence-electron chi connectivity index (χ1n) is 3.53. The molecule has 5 nitrogen and oxygen atoms in total. The SMILES string of the molecule is C=CCC(O)(C(=O)OC)C(=O)OC. The van der Waals surface area contributed by atoms with E-state index in [1.165, 1.54) is 6.08 Å². The van der Waals surface area contributed by atoms with E-state index in [4.69, 9.17) is 0 Å². The molecular formula is C8H12O5. The highest BCUT2D eigenvalue weighted by molar-refractivity contribution is 6.03. The van der Waals surface area contributed by atoms with Crippen LogP contribution in [0.5, 0.6) is 0 Å². The van der Waals surface area contributed by atoms with Gasteiger partial charge < -0.3 is 14.6 Å². The van der Waals surface area contributed by atoms with Crippen molar-refractivity contribution in [2.45, 2.75) is 12.0 Å². The summed E-state index contributed by atoms with van der Waals surface area (Å²) in [6.07, 6.45) is 0.986. The summed E-state index contributed by atoms with van der Waals surface area (Å²) in [4.78, 5) is 22.0. The predicted molar refractivity (Wildman–Crippen MR) is 43.8 cm³/mol. The van der Waals surface area contributed by atoms with Crippen molar-refractivity contribution in [1.29, 1.82) is 0 Å². The van der Waals surface area contributed by atoms with E-state index in [0.717, 1.165) is 14.2 Å². The maximum absolute atomic E-state index is 11.0. The summed E-state index contributed by atoms with van der Waals surface area (Å²) in [5.41, 5.74) is -2.27. The summed E-state index contributed by atoms with van der Waals surface area (Å²) in [6, 6.07) is 0. The van der Waals surface area contributed by atoms with Gasteiger partial charge in [-0.3, -0.25) is 0 Å². The highest BCUT2D eigenvalue weighted by atomic mass is 16.6. The Hall–Kier alpha value is -1.36. The predicted octanol–water partition coefficient (Wildman–Crippen LogP) is -0.360. The maximum Gasteiger partial charge on any atom is 0.350 e. The molecule has 1 N–H and O–H groups in total. The van der Waals surface area contributed by atoms with Crippen LogP contribution in [-0.2, 0) is 19.1 Å². The van der Waals surface area contributed by atoms with Crippen molar-refractivity contribution < 1.29 is 24.2 Å². The number of methoxy groups -OCH3 is 2. The van der Waals surface area contributed by atoms with Crippen LogP contribution >= 0.6 is 0 Å². The smallest absolute Gasteiger partial charge is 0.350 e. The van der Waals surface area contributed by atoms with Crippen LogP contribution in [0.2, 0.25) is 0 Å². The number of hydrogen-bond donors (Lipinski definition) is 1. The zero-order valence-corrected chi connectivity index (χ0v) is 7.57. The summed E-state index contributed by atoms with van der Waals surface area (Å²) in [6.45, 7) is 3.30. The van der Waals surface area contributed by atoms with E-state index in [9.17, 15) is 14.7 Å². The van der Waals surface area contributed by atoms with Crippen molar-refractivity contribution in [3.05, 3.63) is 12.7 Å². The molecule has 0 unspecified atom stereocenters. The van der Waals surface area contributed by atoms with Gasteiger partial charge in [0.15, 0.2) is 0 Å². The second kappa shape index (κ2) is 4.61. The van der Waals surface area contributed by atoms with E-state index in [-0.39, 0.29) is 6.42 Å². The number of aliphatic hydroxyl groups is 1. The molecule has 0 amide bonds. The fraction of sp³-hybridized carbons (Fsp3) is 0.500. The van der Waals surface area contributed by atoms with Crippen LogP contribution in [0.1, 0.15) is 6.42 Å². The van der Waals surface area contributed by atoms with Crippen LogP contribution in [0.3, 0.4) is 0 Å². The van der Waals surface area contributed by atoms with Crippen molar-refractivity contribution in [3.63, 3.8) is 0 Å². The van der Waals surface area contributed by atoms with E-state index in [1.807, 2.05) is 0 Å². The molecule has 74 valence electrons. The molecule has 0 bridgehead atoms. The molecule has 0 aromatic heterocycles. The third kappa shape index (κ3) is 2.29. The minimum atomic E-state index is -2.27. The van der Waals surface area contributed by atoms with Crippen LogP contribution in [0.15, 0.2) is 12.7 Å². The molecule has 0 spiro atoms. The molecule has 0 atom stereocenters. The molecule has 0 aliphatic carbocycles. The van der Waals surface area contributed by atoms with E-state index < -0.39 is 17.5 Å². The Morgan fingerprint density at radius 3 is 2.00 bits per heavy atom. The van der Waals surface area contributed by atoms with Crippen molar-refractivity contribution in [2.75, 3.05) is 14.2 Å². The van der Waals surface area contributed by atoms with Gasteiger partial charge in [-0.25, -0.2) is 9.59 Å². The van der Waals surface area contributed by atoms with Crippen molar-refractivity contribution in [2.24, 2.45) is 0 Å². The number of carbonyl (C=O) groups excluding carboxylic acids is 2. The molecule has 0 radical (unpaired) electrons. The lowest BCUT2D eigenvalue weighted by atomic mass is 10.0. The molecule has 0 rings (SSSR count). The Morgan fingerprint density at radius 2 is 1.77 bits per heavy atom. The van der Waals surface area contributed by atoms with E-state index in [0.29, 0.717) is 0 Å². The van der Waals surface area contributed by atoms with Crippen LogP contribution in [0.4, 0.5) is 0 Å². The largest absolute Gasteiger partial charge is 0.466 e. The minimum absolute atomic E-state index is 0.244. The van der Waals surface area contributed by atoms with Crippen LogP contribution in [-0.4, -0.2) is 36.9 Å². The van der Waals surface area contributed by atoms with Crippen LogP contribution < -0.4 is 0 Å². The third-order valence-electron chi connectivity index (χ3n) is 1.49. The van der Waals surface area contributed by atoms with E-state index in [2.05, 4.69) is 16.1 Å². The van der Waals surface area contributed by atoms with Crippen molar-refractivity contribution >= 4 is 11.9 Å². The van der Waals surface area contributed by atoms with Crippen LogP contribution in [0.25, 0.3) is 0 Å². The Morgan fingerprint density at radius 1 is 1.38 bits per heavy atom. The molecule has 0 fully saturated rings. The Bertz CT molecular complexity index is 205. The molecule has 0 heterocycles. The summed E-state index contributed by atoms with van der Waals surface area (Å²) in [7, 11) is 2.14. The van der Waals surface area contributed by atoms with Gasteiger partial charge in [-0.15, -0.1) is 6.58 Å². The van der Waals surface area contributed by atoms with Gasteiger partial charge in [0.1, 0.15) is 0 Å². The number of esters is 2. The van der Waals surface area contributed by atoms with Gasteiger partial charge in [-0.2, -0.15) is 0 Å². The monoisotopic (exact) mass is 188 g/mol. The zero-order chi connectivity index (χ0) is 10.5. The van der Waals surface area contributed by atoms with Gasteiger partial charge >= 0.3 is 11.9 Å². The van der Waals surface area contributed by atoms with Gasteiger partial charge in [0, 0.05) is 6.42 Å². The summed E-state index contributed by atoms with van der Waals surface area (Å²) in [5, 5.41) is 9.53. The average molecular weight is 188 g/mol. The van der Waals surface area contributed by atoms with Gasteiger partial charge in [0.05, 0.1) is 14.2 Å². The first-order valence-corrected chi connectivity index (χ1v) is 3.53. The molecule has 13 heavy (non-hydrogen) atoms. The fourth-order valence-electron chi connectivity index (χ4n) is 0.797. The quantitative estimate of drug-likeness (QED) is 0.370. The second-order valence-corrected chi connectivity index (χ2v) is 2.34.